The number of hydrogen-bond acceptors (Lipinski definition) is 6. The van der Waals surface area contributed by atoms with Crippen LogP contribution in [0.1, 0.15) is 45.2 Å². The molecule has 1 N–H and O–H groups in total. The Hall–Kier alpha value is -3.50. The van der Waals surface area contributed by atoms with Gasteiger partial charge in [0.25, 0.3) is 10.0 Å². The number of ether oxygens (including phenoxy) is 1. The molecule has 0 fully saturated rings. The van der Waals surface area contributed by atoms with Crippen molar-refractivity contribution in [2.75, 3.05) is 11.3 Å². The topological polar surface area (TPSA) is 103 Å². The Balaban J connectivity index is 1.64. The minimum absolute atomic E-state index is 0.0341. The Bertz CT molecular complexity index is 1650. The van der Waals surface area contributed by atoms with Crippen LogP contribution in [0.25, 0.3) is 11.4 Å². The zero-order chi connectivity index (χ0) is 27.0. The summed E-state index contributed by atoms with van der Waals surface area (Å²) in [7, 11) is -3.87. The van der Waals surface area contributed by atoms with Gasteiger partial charge >= 0.3 is 5.97 Å². The van der Waals surface area contributed by atoms with E-state index in [-0.39, 0.29) is 17.5 Å². The summed E-state index contributed by atoms with van der Waals surface area (Å²) >= 11 is 3.67. The molecule has 4 aromatic rings. The van der Waals surface area contributed by atoms with Crippen LogP contribution in [0.4, 0.5) is 5.95 Å². The Morgan fingerprint density at radius 3 is 2.58 bits per heavy atom. The zero-order valence-corrected chi connectivity index (χ0v) is 23.7. The lowest BCUT2D eigenvalue weighted by atomic mass is 9.95. The number of sulfonamides is 1. The van der Waals surface area contributed by atoms with Crippen LogP contribution in [0, 0.1) is 13.8 Å². The monoisotopic (exact) mass is 594 g/mol. The van der Waals surface area contributed by atoms with Crippen LogP contribution in [0.5, 0.6) is 0 Å². The van der Waals surface area contributed by atoms with Crippen LogP contribution in [0.15, 0.2) is 64.1 Å². The highest BCUT2D eigenvalue weighted by molar-refractivity contribution is 9.10. The van der Waals surface area contributed by atoms with E-state index in [1.807, 2.05) is 10.6 Å². The molecule has 1 aliphatic rings. The third-order valence-corrected chi connectivity index (χ3v) is 8.89. The van der Waals surface area contributed by atoms with Gasteiger partial charge in [-0.1, -0.05) is 36.4 Å². The molecule has 8 nitrogen and oxygen atoms in total. The standard InChI is InChI=1S/C28H27BrN4O4S/c1-4-37-27(34)26-23(29)22-13-12-20-15-30-28(32-38(35,36)21-8-6-5-7-9-21)31-24(20)25(22)33(26)16-19-11-10-17(2)18(3)14-19/h5-11,14-15H,4,12-13,16H2,1-3H3,(H,30,31,32). The Kier molecular flexibility index (Phi) is 7.11. The number of fused-ring (bicyclic) bond motifs is 3. The third kappa shape index (κ3) is 4.86. The number of halogens is 1. The van der Waals surface area contributed by atoms with Crippen molar-refractivity contribution in [3.05, 3.63) is 92.7 Å². The number of nitrogens with one attached hydrogen (secondary N) is 1. The molecule has 38 heavy (non-hydrogen) atoms. The highest BCUT2D eigenvalue weighted by atomic mass is 79.9. The molecule has 0 unspecified atom stereocenters. The van der Waals surface area contributed by atoms with Crippen LogP contribution in [0.3, 0.4) is 0 Å². The minimum atomic E-state index is -3.87. The minimum Gasteiger partial charge on any atom is -0.461 e. The second-order valence-corrected chi connectivity index (χ2v) is 11.7. The van der Waals surface area contributed by atoms with E-state index < -0.39 is 16.0 Å². The number of nitrogens with zero attached hydrogens (tertiary/aromatic N) is 3. The average molecular weight is 596 g/mol. The summed E-state index contributed by atoms with van der Waals surface area (Å²) in [5.41, 5.74) is 6.92. The smallest absolute Gasteiger partial charge is 0.356 e. The quantitative estimate of drug-likeness (QED) is 0.285. The summed E-state index contributed by atoms with van der Waals surface area (Å²) in [6.45, 7) is 6.55. The molecule has 0 amide bonds. The molecule has 0 bridgehead atoms. The number of aryl methyl sites for hydroxylation is 3. The molecule has 2 heterocycles. The van der Waals surface area contributed by atoms with Gasteiger partial charge in [-0.05, 0) is 89.5 Å². The number of benzene rings is 2. The van der Waals surface area contributed by atoms with E-state index in [0.717, 1.165) is 27.9 Å². The fourth-order valence-corrected chi connectivity index (χ4v) is 6.40. The van der Waals surface area contributed by atoms with Gasteiger partial charge in [-0.3, -0.25) is 0 Å². The molecule has 0 saturated heterocycles. The number of anilines is 1. The van der Waals surface area contributed by atoms with E-state index in [4.69, 9.17) is 4.74 Å². The molecule has 196 valence electrons. The largest absolute Gasteiger partial charge is 0.461 e. The molecule has 0 radical (unpaired) electrons. The maximum Gasteiger partial charge on any atom is 0.356 e. The van der Waals surface area contributed by atoms with Crippen molar-refractivity contribution in [3.63, 3.8) is 0 Å². The normalized spacial score (nSPS) is 12.5. The predicted octanol–water partition coefficient (Wildman–Crippen LogP) is 5.45. The number of rotatable bonds is 7. The average Bonchev–Trinajstić information content (AvgIpc) is 3.18. The molecule has 1 aliphatic carbocycles. The maximum absolute atomic E-state index is 13.1. The molecule has 2 aromatic heterocycles. The number of esters is 1. The SMILES string of the molecule is CCOC(=O)c1c(Br)c2c(n1Cc1ccc(C)c(C)c1)-c1nc(NS(=O)(=O)c3ccccc3)ncc1CC2. The zero-order valence-electron chi connectivity index (χ0n) is 21.3. The van der Waals surface area contributed by atoms with Crippen molar-refractivity contribution in [1.29, 1.82) is 0 Å². The van der Waals surface area contributed by atoms with Crippen LogP contribution in [-0.4, -0.2) is 35.5 Å². The molecule has 0 aliphatic heterocycles. The summed E-state index contributed by atoms with van der Waals surface area (Å²) in [6, 6.07) is 14.3. The van der Waals surface area contributed by atoms with Gasteiger partial charge in [0.2, 0.25) is 5.95 Å². The number of hydrogen-bond donors (Lipinski definition) is 1. The first-order valence-electron chi connectivity index (χ1n) is 12.3. The van der Waals surface area contributed by atoms with Crippen molar-refractivity contribution >= 4 is 37.9 Å². The third-order valence-electron chi connectivity index (χ3n) is 6.69. The molecule has 2 aromatic carbocycles. The Morgan fingerprint density at radius 2 is 1.87 bits per heavy atom. The second kappa shape index (κ2) is 10.3. The number of aromatic nitrogens is 3. The van der Waals surface area contributed by atoms with Gasteiger partial charge in [0.05, 0.1) is 27.4 Å². The van der Waals surface area contributed by atoms with Crippen LogP contribution < -0.4 is 4.72 Å². The summed E-state index contributed by atoms with van der Waals surface area (Å²) in [5.74, 6) is -0.466. The van der Waals surface area contributed by atoms with Crippen LogP contribution in [0.2, 0.25) is 0 Å². The summed E-state index contributed by atoms with van der Waals surface area (Å²) in [4.78, 5) is 22.2. The fraction of sp³-hybridized carbons (Fsp3) is 0.250. The molecule has 0 atom stereocenters. The maximum atomic E-state index is 13.1. The molecule has 0 saturated carbocycles. The predicted molar refractivity (Wildman–Crippen MR) is 149 cm³/mol. The Morgan fingerprint density at radius 1 is 1.11 bits per heavy atom. The van der Waals surface area contributed by atoms with E-state index in [1.165, 1.54) is 17.7 Å². The van der Waals surface area contributed by atoms with Gasteiger partial charge in [-0.15, -0.1) is 0 Å². The molecular formula is C28H27BrN4O4S. The first-order valence-corrected chi connectivity index (χ1v) is 14.6. The molecule has 0 spiro atoms. The van der Waals surface area contributed by atoms with Gasteiger partial charge in [-0.25, -0.2) is 27.9 Å². The number of carbonyl (C=O) groups excluding carboxylic acids is 1. The van der Waals surface area contributed by atoms with Crippen molar-refractivity contribution in [3.8, 4) is 11.4 Å². The lowest BCUT2D eigenvalue weighted by Crippen LogP contribution is -2.18. The lowest BCUT2D eigenvalue weighted by molar-refractivity contribution is 0.0513. The highest BCUT2D eigenvalue weighted by Gasteiger charge is 2.32. The van der Waals surface area contributed by atoms with E-state index in [1.54, 1.807) is 31.3 Å². The van der Waals surface area contributed by atoms with Crippen molar-refractivity contribution in [2.24, 2.45) is 0 Å². The van der Waals surface area contributed by atoms with E-state index in [2.05, 4.69) is 56.6 Å². The summed E-state index contributed by atoms with van der Waals surface area (Å²) < 4.78 is 36.4. The van der Waals surface area contributed by atoms with Gasteiger partial charge in [0.1, 0.15) is 5.69 Å². The number of carbonyl (C=O) groups is 1. The van der Waals surface area contributed by atoms with Crippen molar-refractivity contribution in [2.45, 2.75) is 45.1 Å². The van der Waals surface area contributed by atoms with Gasteiger partial charge in [-0.2, -0.15) is 0 Å². The summed E-state index contributed by atoms with van der Waals surface area (Å²) in [6.07, 6.45) is 2.98. The van der Waals surface area contributed by atoms with Gasteiger partial charge in [0, 0.05) is 12.7 Å². The molecule has 10 heteroatoms. The second-order valence-electron chi connectivity index (χ2n) is 9.20. The summed E-state index contributed by atoms with van der Waals surface area (Å²) in [5, 5.41) is 0. The van der Waals surface area contributed by atoms with E-state index in [0.29, 0.717) is 35.2 Å². The van der Waals surface area contributed by atoms with E-state index >= 15 is 0 Å². The highest BCUT2D eigenvalue weighted by Crippen LogP contribution is 2.41. The molecular weight excluding hydrogens is 568 g/mol. The van der Waals surface area contributed by atoms with E-state index in [9.17, 15) is 13.2 Å². The first-order chi connectivity index (χ1) is 18.2. The van der Waals surface area contributed by atoms with Crippen molar-refractivity contribution in [1.82, 2.24) is 14.5 Å². The fourth-order valence-electron chi connectivity index (χ4n) is 4.66. The van der Waals surface area contributed by atoms with Crippen molar-refractivity contribution < 1.29 is 17.9 Å². The first kappa shape index (κ1) is 26.1. The van der Waals surface area contributed by atoms with Crippen LogP contribution >= 0.6 is 15.9 Å². The lowest BCUT2D eigenvalue weighted by Gasteiger charge is -2.20. The Labute approximate surface area is 230 Å². The molecule has 5 rings (SSSR count). The van der Waals surface area contributed by atoms with Gasteiger partial charge < -0.3 is 9.30 Å². The van der Waals surface area contributed by atoms with Crippen LogP contribution in [-0.2, 0) is 34.1 Å². The van der Waals surface area contributed by atoms with Gasteiger partial charge in [0.15, 0.2) is 0 Å².